The maximum atomic E-state index is 2.19. The van der Waals surface area contributed by atoms with Crippen molar-refractivity contribution in [2.24, 2.45) is 0 Å². The first-order valence-electron chi connectivity index (χ1n) is 2.83. The van der Waals surface area contributed by atoms with Crippen LogP contribution in [0.25, 0.3) is 0 Å². The monoisotopic (exact) mass is 120 g/mol. The Labute approximate surface area is 47.2 Å². The molecule has 0 unspecified atom stereocenters. The zero-order chi connectivity index (χ0) is 5.41. The Bertz CT molecular complexity index is 7.51. The molecule has 6 heavy (non-hydrogen) atoms. The van der Waals surface area contributed by atoms with Crippen LogP contribution in [0.3, 0.4) is 0 Å². The van der Waals surface area contributed by atoms with E-state index >= 15 is 0 Å². The van der Waals surface area contributed by atoms with Gasteiger partial charge in [0.2, 0.25) is 0 Å². The van der Waals surface area contributed by atoms with Crippen molar-refractivity contribution < 1.29 is 0 Å². The Hall–Kier alpha value is 0.434. The molecule has 0 aromatic rings. The molecule has 0 aliphatic carbocycles. The molecule has 0 amide bonds. The van der Waals surface area contributed by atoms with Crippen LogP contribution in [0.4, 0.5) is 0 Å². The lowest BCUT2D eigenvalue weighted by Crippen LogP contribution is -1.41. The first-order chi connectivity index (χ1) is 2.83. The van der Waals surface area contributed by atoms with E-state index < -0.39 is 0 Å². The second kappa shape index (κ2) is 18.0. The van der Waals surface area contributed by atoms with E-state index in [0.29, 0.717) is 0 Å². The summed E-state index contributed by atoms with van der Waals surface area (Å²) in [5.41, 5.74) is 0. The largest absolute Gasteiger partial charge is 0.0686 e. The minimum atomic E-state index is 1.37. The van der Waals surface area contributed by atoms with Gasteiger partial charge < -0.3 is 0 Å². The second-order valence-corrected chi connectivity index (χ2v) is 4.24. The van der Waals surface area contributed by atoms with Gasteiger partial charge in [0.05, 0.1) is 0 Å². The summed E-state index contributed by atoms with van der Waals surface area (Å²) in [6.45, 7) is 4.37. The van der Waals surface area contributed by atoms with Crippen LogP contribution in [-0.4, -0.2) is 20.5 Å². The molecule has 0 spiro atoms. The highest BCUT2D eigenvalue weighted by atomic mass is 28.1. The van der Waals surface area contributed by atoms with E-state index in [9.17, 15) is 0 Å². The zero-order valence-electron chi connectivity index (χ0n) is 5.41. The molecule has 0 heterocycles. The van der Waals surface area contributed by atoms with E-state index in [0.717, 1.165) is 0 Å². The first kappa shape index (κ1) is 9.66. The Kier molecular flexibility index (Phi) is 29.0. The predicted molar refractivity (Wildman–Crippen MR) is 40.8 cm³/mol. The van der Waals surface area contributed by atoms with Crippen molar-refractivity contribution in [2.45, 2.75) is 25.9 Å². The normalized spacial score (nSPS) is 7.00. The van der Waals surface area contributed by atoms with Gasteiger partial charge in [-0.1, -0.05) is 25.9 Å². The van der Waals surface area contributed by atoms with Crippen molar-refractivity contribution >= 4 is 20.5 Å². The molecule has 0 saturated heterocycles. The molecule has 0 aliphatic rings. The molecule has 0 N–H and O–H groups in total. The van der Waals surface area contributed by atoms with Crippen LogP contribution in [0.5, 0.6) is 0 Å². The molecule has 0 atom stereocenters. The molecule has 0 aromatic carbocycles. The van der Waals surface area contributed by atoms with E-state index in [2.05, 4.69) is 13.8 Å². The molecular weight excluding hydrogens is 104 g/mol. The van der Waals surface area contributed by atoms with Gasteiger partial charge in [-0.05, 0) is 0 Å². The molecule has 0 radical (unpaired) electrons. The standard InChI is InChI=1S/2C2H8Si/c2*1-2-3/h2*2H2,1,3H3. The minimum Gasteiger partial charge on any atom is -0.0686 e. The van der Waals surface area contributed by atoms with Gasteiger partial charge in [0.15, 0.2) is 0 Å². The quantitative estimate of drug-likeness (QED) is 0.381. The lowest BCUT2D eigenvalue weighted by atomic mass is 11.0. The van der Waals surface area contributed by atoms with E-state index in [4.69, 9.17) is 0 Å². The fourth-order valence-corrected chi connectivity index (χ4v) is 0. The molecule has 0 bridgehead atoms. The Morgan fingerprint density at radius 2 is 1.00 bits per heavy atom. The van der Waals surface area contributed by atoms with E-state index in [1.54, 1.807) is 0 Å². The third-order valence-corrected chi connectivity index (χ3v) is 0. The van der Waals surface area contributed by atoms with Crippen molar-refractivity contribution in [2.75, 3.05) is 0 Å². The van der Waals surface area contributed by atoms with Gasteiger partial charge in [-0.25, -0.2) is 0 Å². The number of rotatable bonds is 0. The molecule has 0 saturated carbocycles. The van der Waals surface area contributed by atoms with Crippen molar-refractivity contribution in [3.05, 3.63) is 0 Å². The molecule has 40 valence electrons. The maximum absolute atomic E-state index is 2.19. The third-order valence-electron chi connectivity index (χ3n) is 0. The van der Waals surface area contributed by atoms with E-state index in [1.807, 2.05) is 0 Å². The van der Waals surface area contributed by atoms with Gasteiger partial charge in [0.25, 0.3) is 0 Å². The van der Waals surface area contributed by atoms with Crippen molar-refractivity contribution in [1.82, 2.24) is 0 Å². The third kappa shape index (κ3) is 278. The zero-order valence-corrected chi connectivity index (χ0v) is 9.41. The summed E-state index contributed by atoms with van der Waals surface area (Å²) in [6.07, 6.45) is 0. The topological polar surface area (TPSA) is 0 Å². The van der Waals surface area contributed by atoms with Gasteiger partial charge in [-0.15, -0.1) is 0 Å². The lowest BCUT2D eigenvalue weighted by Gasteiger charge is -1.47. The lowest BCUT2D eigenvalue weighted by molar-refractivity contribution is 1.48. The first-order valence-corrected chi connectivity index (χ1v) is 5.66. The van der Waals surface area contributed by atoms with Crippen LogP contribution in [0, 0.1) is 0 Å². The summed E-state index contributed by atoms with van der Waals surface area (Å²) in [6, 6.07) is 2.78. The Morgan fingerprint density at radius 3 is 1.00 bits per heavy atom. The van der Waals surface area contributed by atoms with Crippen LogP contribution in [0.2, 0.25) is 12.1 Å². The average Bonchev–Trinajstić information content (AvgIpc) is 1.39. The molecule has 0 rings (SSSR count). The maximum Gasteiger partial charge on any atom is 0.00244 e. The van der Waals surface area contributed by atoms with Crippen molar-refractivity contribution in [3.63, 3.8) is 0 Å². The Balaban J connectivity index is 0. The minimum absolute atomic E-state index is 1.37. The van der Waals surface area contributed by atoms with Gasteiger partial charge in [0, 0.05) is 20.5 Å². The highest BCUT2D eigenvalue weighted by molar-refractivity contribution is 6.08. The highest BCUT2D eigenvalue weighted by Crippen LogP contribution is 1.49. The van der Waals surface area contributed by atoms with Gasteiger partial charge in [-0.3, -0.25) is 0 Å². The van der Waals surface area contributed by atoms with Crippen LogP contribution in [0.1, 0.15) is 13.8 Å². The summed E-state index contributed by atoms with van der Waals surface area (Å²) < 4.78 is 0. The number of hydrogen-bond acceptors (Lipinski definition) is 0. The summed E-state index contributed by atoms with van der Waals surface area (Å²) in [5, 5.41) is 0. The summed E-state index contributed by atoms with van der Waals surface area (Å²) in [4.78, 5) is 0. The molecule has 0 fully saturated rings. The van der Waals surface area contributed by atoms with Crippen LogP contribution < -0.4 is 0 Å². The highest BCUT2D eigenvalue weighted by Gasteiger charge is 1.37. The summed E-state index contributed by atoms with van der Waals surface area (Å²) in [7, 11) is 2.74. The molecule has 2 heteroatoms. The smallest absolute Gasteiger partial charge is 0.00244 e. The Morgan fingerprint density at radius 1 is 1.00 bits per heavy atom. The fourth-order valence-electron chi connectivity index (χ4n) is 0. The second-order valence-electron chi connectivity index (χ2n) is 1.41. The number of hydrogen-bond donors (Lipinski definition) is 0. The van der Waals surface area contributed by atoms with Crippen LogP contribution in [-0.2, 0) is 0 Å². The van der Waals surface area contributed by atoms with Gasteiger partial charge >= 0.3 is 0 Å². The van der Waals surface area contributed by atoms with Crippen LogP contribution in [0.15, 0.2) is 0 Å². The van der Waals surface area contributed by atoms with Crippen molar-refractivity contribution in [3.8, 4) is 0 Å². The van der Waals surface area contributed by atoms with Gasteiger partial charge in [0.1, 0.15) is 0 Å². The van der Waals surface area contributed by atoms with Crippen LogP contribution >= 0.6 is 0 Å². The SMILES string of the molecule is CC[SiH3].CC[SiH3]. The van der Waals surface area contributed by atoms with Crippen molar-refractivity contribution in [1.29, 1.82) is 0 Å². The summed E-state index contributed by atoms with van der Waals surface area (Å²) >= 11 is 0. The molecule has 0 aromatic heterocycles. The molecule has 0 nitrogen and oxygen atoms in total. The average molecular weight is 120 g/mol. The predicted octanol–water partition coefficient (Wildman–Crippen LogP) is -0.420. The molecule has 0 aliphatic heterocycles. The van der Waals surface area contributed by atoms with Gasteiger partial charge in [-0.2, -0.15) is 0 Å². The summed E-state index contributed by atoms with van der Waals surface area (Å²) in [5.74, 6) is 0. The van der Waals surface area contributed by atoms with E-state index in [1.165, 1.54) is 32.6 Å². The fraction of sp³-hybridized carbons (Fsp3) is 1.00. The molecular formula is C4H16Si2. The van der Waals surface area contributed by atoms with E-state index in [-0.39, 0.29) is 0 Å².